The highest BCUT2D eigenvalue weighted by Gasteiger charge is 2.36. The summed E-state index contributed by atoms with van der Waals surface area (Å²) < 4.78 is 0.960. The first-order valence-electron chi connectivity index (χ1n) is 7.27. The van der Waals surface area contributed by atoms with Crippen molar-refractivity contribution >= 4 is 27.8 Å². The Hall–Kier alpha value is -1.36. The van der Waals surface area contributed by atoms with Crippen LogP contribution in [0.3, 0.4) is 0 Å². The Morgan fingerprint density at radius 3 is 2.57 bits per heavy atom. The molecule has 0 spiro atoms. The number of carboxylic acid groups (broad SMARTS) is 1. The zero-order valence-corrected chi connectivity index (χ0v) is 13.6. The van der Waals surface area contributed by atoms with E-state index in [9.17, 15) is 14.7 Å². The minimum Gasteiger partial charge on any atom is -0.481 e. The summed E-state index contributed by atoms with van der Waals surface area (Å²) in [7, 11) is 0. The molecule has 0 bridgehead atoms. The number of halogens is 1. The third kappa shape index (κ3) is 4.06. The van der Waals surface area contributed by atoms with Crippen LogP contribution in [0.5, 0.6) is 0 Å². The molecule has 0 aliphatic heterocycles. The van der Waals surface area contributed by atoms with E-state index < -0.39 is 17.8 Å². The molecule has 21 heavy (non-hydrogen) atoms. The minimum absolute atomic E-state index is 0.133. The lowest BCUT2D eigenvalue weighted by molar-refractivity contribution is -0.149. The van der Waals surface area contributed by atoms with Gasteiger partial charge in [-0.05, 0) is 37.5 Å². The second-order valence-electron chi connectivity index (χ2n) is 5.62. The van der Waals surface area contributed by atoms with Crippen LogP contribution in [0.15, 0.2) is 28.7 Å². The van der Waals surface area contributed by atoms with Crippen molar-refractivity contribution in [3.8, 4) is 0 Å². The third-order valence-electron chi connectivity index (χ3n) is 4.13. The van der Waals surface area contributed by atoms with E-state index in [1.54, 1.807) is 0 Å². The van der Waals surface area contributed by atoms with E-state index >= 15 is 0 Å². The number of carbonyl (C=O) groups is 2. The molecule has 5 heteroatoms. The molecule has 0 saturated heterocycles. The number of amides is 1. The molecule has 1 fully saturated rings. The van der Waals surface area contributed by atoms with Gasteiger partial charge in [0.2, 0.25) is 5.91 Å². The number of hydrogen-bond acceptors (Lipinski definition) is 2. The summed E-state index contributed by atoms with van der Waals surface area (Å²) in [5.74, 6) is -1.96. The standard InChI is InChI=1S/C16H20BrNO3/c1-10(11-5-4-6-12(17)9-11)18-15(19)13-7-2-3-8-14(13)16(20)21/h4-6,9-10,13-14H,2-3,7-8H2,1H3,(H,18,19)(H,20,21)/t10-,13?,14?/m1/s1. The zero-order valence-electron chi connectivity index (χ0n) is 12.0. The van der Waals surface area contributed by atoms with Gasteiger partial charge in [0.1, 0.15) is 0 Å². The highest BCUT2D eigenvalue weighted by atomic mass is 79.9. The van der Waals surface area contributed by atoms with Crippen LogP contribution < -0.4 is 5.32 Å². The summed E-state index contributed by atoms with van der Waals surface area (Å²) in [6.45, 7) is 1.91. The molecule has 1 saturated carbocycles. The van der Waals surface area contributed by atoms with Crippen molar-refractivity contribution in [2.75, 3.05) is 0 Å². The fourth-order valence-corrected chi connectivity index (χ4v) is 3.34. The zero-order chi connectivity index (χ0) is 15.4. The van der Waals surface area contributed by atoms with Gasteiger partial charge in [0.05, 0.1) is 17.9 Å². The molecule has 0 heterocycles. The van der Waals surface area contributed by atoms with E-state index in [-0.39, 0.29) is 11.9 Å². The van der Waals surface area contributed by atoms with E-state index in [1.165, 1.54) is 0 Å². The Kier molecular flexibility index (Phi) is 5.39. The molecular formula is C16H20BrNO3. The minimum atomic E-state index is -0.857. The average Bonchev–Trinajstić information content (AvgIpc) is 2.47. The van der Waals surface area contributed by atoms with E-state index in [1.807, 2.05) is 31.2 Å². The van der Waals surface area contributed by atoms with Gasteiger partial charge in [0.15, 0.2) is 0 Å². The normalized spacial score (nSPS) is 23.3. The largest absolute Gasteiger partial charge is 0.481 e. The van der Waals surface area contributed by atoms with Crippen molar-refractivity contribution in [3.05, 3.63) is 34.3 Å². The van der Waals surface area contributed by atoms with Crippen LogP contribution in [0, 0.1) is 11.8 Å². The van der Waals surface area contributed by atoms with Crippen LogP contribution in [0.1, 0.15) is 44.2 Å². The maximum atomic E-state index is 12.4. The maximum absolute atomic E-state index is 12.4. The van der Waals surface area contributed by atoms with E-state index in [0.29, 0.717) is 12.8 Å². The molecule has 2 rings (SSSR count). The van der Waals surface area contributed by atoms with Gasteiger partial charge in [-0.15, -0.1) is 0 Å². The van der Waals surface area contributed by atoms with Crippen molar-refractivity contribution in [2.45, 2.75) is 38.6 Å². The number of aliphatic carboxylic acids is 1. The quantitative estimate of drug-likeness (QED) is 0.870. The lowest BCUT2D eigenvalue weighted by Crippen LogP contribution is -2.40. The fraction of sp³-hybridized carbons (Fsp3) is 0.500. The van der Waals surface area contributed by atoms with Crippen LogP contribution in [-0.2, 0) is 9.59 Å². The Balaban J connectivity index is 2.04. The van der Waals surface area contributed by atoms with Crippen molar-refractivity contribution in [1.82, 2.24) is 5.32 Å². The molecule has 3 atom stereocenters. The molecule has 4 nitrogen and oxygen atoms in total. The van der Waals surface area contributed by atoms with Crippen LogP contribution in [0.25, 0.3) is 0 Å². The fourth-order valence-electron chi connectivity index (χ4n) is 2.92. The number of carboxylic acids is 1. The molecule has 0 aromatic heterocycles. The molecule has 2 unspecified atom stereocenters. The van der Waals surface area contributed by atoms with Crippen LogP contribution in [0.4, 0.5) is 0 Å². The number of benzene rings is 1. The van der Waals surface area contributed by atoms with Crippen LogP contribution >= 0.6 is 15.9 Å². The predicted molar refractivity (Wildman–Crippen MR) is 83.8 cm³/mol. The summed E-state index contributed by atoms with van der Waals surface area (Å²) in [5, 5.41) is 12.2. The highest BCUT2D eigenvalue weighted by Crippen LogP contribution is 2.31. The smallest absolute Gasteiger partial charge is 0.307 e. The summed E-state index contributed by atoms with van der Waals surface area (Å²) in [6, 6.07) is 7.63. The molecule has 1 aromatic rings. The van der Waals surface area contributed by atoms with E-state index in [2.05, 4.69) is 21.2 Å². The van der Waals surface area contributed by atoms with E-state index in [4.69, 9.17) is 0 Å². The topological polar surface area (TPSA) is 66.4 Å². The summed E-state index contributed by atoms with van der Waals surface area (Å²) >= 11 is 3.41. The molecule has 1 aromatic carbocycles. The lowest BCUT2D eigenvalue weighted by atomic mass is 9.78. The van der Waals surface area contributed by atoms with Crippen molar-refractivity contribution in [3.63, 3.8) is 0 Å². The number of hydrogen-bond donors (Lipinski definition) is 2. The third-order valence-corrected chi connectivity index (χ3v) is 4.62. The second kappa shape index (κ2) is 7.07. The summed E-state index contributed by atoms with van der Waals surface area (Å²) in [6.07, 6.45) is 3.07. The number of nitrogens with one attached hydrogen (secondary N) is 1. The average molecular weight is 354 g/mol. The Morgan fingerprint density at radius 2 is 1.95 bits per heavy atom. The van der Waals surface area contributed by atoms with Crippen molar-refractivity contribution in [2.24, 2.45) is 11.8 Å². The van der Waals surface area contributed by atoms with Gasteiger partial charge in [-0.3, -0.25) is 9.59 Å². The first-order chi connectivity index (χ1) is 9.99. The summed E-state index contributed by atoms with van der Waals surface area (Å²) in [5.41, 5.74) is 1.00. The highest BCUT2D eigenvalue weighted by molar-refractivity contribution is 9.10. The van der Waals surface area contributed by atoms with Gasteiger partial charge in [0, 0.05) is 4.47 Å². The summed E-state index contributed by atoms with van der Waals surface area (Å²) in [4.78, 5) is 23.7. The van der Waals surface area contributed by atoms with Crippen molar-refractivity contribution < 1.29 is 14.7 Å². The Labute approximate surface area is 133 Å². The molecule has 1 aliphatic carbocycles. The number of rotatable bonds is 4. The first-order valence-corrected chi connectivity index (χ1v) is 8.07. The molecule has 1 amide bonds. The van der Waals surface area contributed by atoms with Gasteiger partial charge in [-0.25, -0.2) is 0 Å². The van der Waals surface area contributed by atoms with E-state index in [0.717, 1.165) is 22.9 Å². The van der Waals surface area contributed by atoms with Gasteiger partial charge >= 0.3 is 5.97 Å². The molecular weight excluding hydrogens is 334 g/mol. The number of carbonyl (C=O) groups excluding carboxylic acids is 1. The Bertz CT molecular complexity index is 532. The van der Waals surface area contributed by atoms with Gasteiger partial charge in [0.25, 0.3) is 0 Å². The monoisotopic (exact) mass is 353 g/mol. The second-order valence-corrected chi connectivity index (χ2v) is 6.54. The molecule has 2 N–H and O–H groups in total. The van der Waals surface area contributed by atoms with Crippen LogP contribution in [-0.4, -0.2) is 17.0 Å². The molecule has 114 valence electrons. The Morgan fingerprint density at radius 1 is 1.29 bits per heavy atom. The van der Waals surface area contributed by atoms with Gasteiger partial charge in [-0.2, -0.15) is 0 Å². The van der Waals surface area contributed by atoms with Gasteiger partial charge in [-0.1, -0.05) is 40.9 Å². The van der Waals surface area contributed by atoms with Crippen molar-refractivity contribution in [1.29, 1.82) is 0 Å². The predicted octanol–water partition coefficient (Wildman–Crippen LogP) is 3.52. The molecule has 1 aliphatic rings. The van der Waals surface area contributed by atoms with Crippen LogP contribution in [0.2, 0.25) is 0 Å². The SMILES string of the molecule is C[C@@H](NC(=O)C1CCCCC1C(=O)O)c1cccc(Br)c1. The van der Waals surface area contributed by atoms with Gasteiger partial charge < -0.3 is 10.4 Å². The first kappa shape index (κ1) is 16.0. The maximum Gasteiger partial charge on any atom is 0.307 e. The lowest BCUT2D eigenvalue weighted by Gasteiger charge is -2.28. The molecule has 0 radical (unpaired) electrons.